The summed E-state index contributed by atoms with van der Waals surface area (Å²) in [4.78, 5) is 33.2. The molecule has 0 aromatic carbocycles. The highest BCUT2D eigenvalue weighted by molar-refractivity contribution is 6.20. The van der Waals surface area contributed by atoms with Crippen molar-refractivity contribution in [1.82, 2.24) is 25.1 Å². The van der Waals surface area contributed by atoms with E-state index in [9.17, 15) is 9.59 Å². The Bertz CT molecular complexity index is 588. The summed E-state index contributed by atoms with van der Waals surface area (Å²) in [6, 6.07) is 3.28. The highest BCUT2D eigenvalue weighted by atomic mass is 16.2. The SMILES string of the molecule is O=C1c2cccnc2C(=O)N1CCCc1ncn[nH]1. The lowest BCUT2D eigenvalue weighted by Crippen LogP contribution is -2.31. The van der Waals surface area contributed by atoms with Crippen LogP contribution in [0.5, 0.6) is 0 Å². The molecule has 7 heteroatoms. The fourth-order valence-electron chi connectivity index (χ4n) is 2.07. The number of imide groups is 1. The van der Waals surface area contributed by atoms with E-state index in [1.54, 1.807) is 12.1 Å². The molecule has 7 nitrogen and oxygen atoms in total. The van der Waals surface area contributed by atoms with Gasteiger partial charge in [-0.25, -0.2) is 4.98 Å². The van der Waals surface area contributed by atoms with Crippen LogP contribution in [0.2, 0.25) is 0 Å². The zero-order chi connectivity index (χ0) is 13.2. The lowest BCUT2D eigenvalue weighted by atomic mass is 10.2. The van der Waals surface area contributed by atoms with Crippen molar-refractivity contribution in [2.75, 3.05) is 6.54 Å². The molecule has 96 valence electrons. The summed E-state index contributed by atoms with van der Waals surface area (Å²) in [6.45, 7) is 0.356. The number of carbonyl (C=O) groups excluding carboxylic acids is 2. The fourth-order valence-corrected chi connectivity index (χ4v) is 2.07. The fraction of sp³-hybridized carbons (Fsp3) is 0.250. The minimum absolute atomic E-state index is 0.243. The highest BCUT2D eigenvalue weighted by Gasteiger charge is 2.35. The summed E-state index contributed by atoms with van der Waals surface area (Å²) in [5.74, 6) is 0.151. The molecular weight excluding hydrogens is 246 g/mol. The number of hydrogen-bond acceptors (Lipinski definition) is 5. The van der Waals surface area contributed by atoms with Gasteiger partial charge in [-0.2, -0.15) is 5.10 Å². The van der Waals surface area contributed by atoms with Gasteiger partial charge >= 0.3 is 0 Å². The number of hydrogen-bond donors (Lipinski definition) is 1. The number of H-pyrrole nitrogens is 1. The van der Waals surface area contributed by atoms with E-state index in [0.29, 0.717) is 24.9 Å². The molecule has 3 rings (SSSR count). The number of aryl methyl sites for hydroxylation is 1. The van der Waals surface area contributed by atoms with E-state index in [1.165, 1.54) is 17.4 Å². The third kappa shape index (κ3) is 1.99. The van der Waals surface area contributed by atoms with Gasteiger partial charge in [0.25, 0.3) is 11.8 Å². The maximum Gasteiger partial charge on any atom is 0.280 e. The van der Waals surface area contributed by atoms with Crippen LogP contribution in [-0.4, -0.2) is 43.4 Å². The van der Waals surface area contributed by atoms with Crippen molar-refractivity contribution < 1.29 is 9.59 Å². The van der Waals surface area contributed by atoms with Crippen molar-refractivity contribution in [2.24, 2.45) is 0 Å². The normalized spacial score (nSPS) is 14.0. The molecule has 0 unspecified atom stereocenters. The van der Waals surface area contributed by atoms with Gasteiger partial charge in [-0.15, -0.1) is 0 Å². The third-order valence-electron chi connectivity index (χ3n) is 2.99. The van der Waals surface area contributed by atoms with Crippen molar-refractivity contribution in [1.29, 1.82) is 0 Å². The van der Waals surface area contributed by atoms with Crippen LogP contribution in [0.25, 0.3) is 0 Å². The van der Waals surface area contributed by atoms with Crippen LogP contribution in [0.15, 0.2) is 24.7 Å². The van der Waals surface area contributed by atoms with E-state index in [4.69, 9.17) is 0 Å². The third-order valence-corrected chi connectivity index (χ3v) is 2.99. The van der Waals surface area contributed by atoms with Gasteiger partial charge in [0, 0.05) is 19.2 Å². The molecule has 2 aromatic rings. The Balaban J connectivity index is 1.67. The van der Waals surface area contributed by atoms with Crippen molar-refractivity contribution in [3.05, 3.63) is 41.7 Å². The van der Waals surface area contributed by atoms with Crippen LogP contribution < -0.4 is 0 Å². The molecule has 0 radical (unpaired) electrons. The van der Waals surface area contributed by atoms with Gasteiger partial charge < -0.3 is 0 Å². The van der Waals surface area contributed by atoms with Crippen molar-refractivity contribution in [2.45, 2.75) is 12.8 Å². The predicted octanol–water partition coefficient (Wildman–Crippen LogP) is 0.428. The van der Waals surface area contributed by atoms with Gasteiger partial charge in [-0.1, -0.05) is 0 Å². The Morgan fingerprint density at radius 2 is 2.11 bits per heavy atom. The number of fused-ring (bicyclic) bond motifs is 1. The molecule has 0 fully saturated rings. The molecule has 2 aromatic heterocycles. The van der Waals surface area contributed by atoms with Crippen molar-refractivity contribution >= 4 is 11.8 Å². The van der Waals surface area contributed by atoms with E-state index in [0.717, 1.165) is 5.82 Å². The zero-order valence-electron chi connectivity index (χ0n) is 10.0. The van der Waals surface area contributed by atoms with Crippen LogP contribution in [0.3, 0.4) is 0 Å². The molecular formula is C12H11N5O2. The summed E-state index contributed by atoms with van der Waals surface area (Å²) in [5, 5.41) is 6.48. The molecule has 0 saturated heterocycles. The molecule has 0 saturated carbocycles. The lowest BCUT2D eigenvalue weighted by Gasteiger charge is -2.12. The molecule has 0 bridgehead atoms. The second-order valence-electron chi connectivity index (χ2n) is 4.20. The van der Waals surface area contributed by atoms with Gasteiger partial charge in [0.1, 0.15) is 17.8 Å². The van der Waals surface area contributed by atoms with E-state index < -0.39 is 0 Å². The average Bonchev–Trinajstić information content (AvgIpc) is 3.02. The van der Waals surface area contributed by atoms with Crippen LogP contribution >= 0.6 is 0 Å². The second-order valence-corrected chi connectivity index (χ2v) is 4.20. The Kier molecular flexibility index (Phi) is 2.79. The molecule has 0 aliphatic carbocycles. The van der Waals surface area contributed by atoms with Crippen LogP contribution in [0.4, 0.5) is 0 Å². The first-order valence-electron chi connectivity index (χ1n) is 5.93. The average molecular weight is 257 g/mol. The van der Waals surface area contributed by atoms with Gasteiger partial charge in [-0.05, 0) is 18.6 Å². The quantitative estimate of drug-likeness (QED) is 0.802. The van der Waals surface area contributed by atoms with E-state index in [1.807, 2.05) is 0 Å². The number of nitrogens with zero attached hydrogens (tertiary/aromatic N) is 4. The molecule has 0 atom stereocenters. The molecule has 1 N–H and O–H groups in total. The summed E-state index contributed by atoms with van der Waals surface area (Å²) >= 11 is 0. The maximum absolute atomic E-state index is 12.0. The first-order valence-corrected chi connectivity index (χ1v) is 5.93. The molecule has 0 spiro atoms. The first-order chi connectivity index (χ1) is 9.27. The topological polar surface area (TPSA) is 91.8 Å². The number of aromatic nitrogens is 4. The number of rotatable bonds is 4. The number of pyridine rings is 1. The van der Waals surface area contributed by atoms with Gasteiger partial charge in [0.05, 0.1) is 5.56 Å². The lowest BCUT2D eigenvalue weighted by molar-refractivity contribution is 0.0650. The number of nitrogens with one attached hydrogen (secondary N) is 1. The van der Waals surface area contributed by atoms with E-state index >= 15 is 0 Å². The Morgan fingerprint density at radius 1 is 1.21 bits per heavy atom. The Labute approximate surface area is 108 Å². The summed E-state index contributed by atoms with van der Waals surface area (Å²) in [7, 11) is 0. The van der Waals surface area contributed by atoms with Crippen molar-refractivity contribution in [3.63, 3.8) is 0 Å². The van der Waals surface area contributed by atoms with Crippen molar-refractivity contribution in [3.8, 4) is 0 Å². The molecule has 3 heterocycles. The van der Waals surface area contributed by atoms with E-state index in [-0.39, 0.29) is 17.5 Å². The first kappa shape index (κ1) is 11.5. The number of aromatic amines is 1. The van der Waals surface area contributed by atoms with Crippen LogP contribution in [-0.2, 0) is 6.42 Å². The van der Waals surface area contributed by atoms with E-state index in [2.05, 4.69) is 20.2 Å². The summed E-state index contributed by atoms with van der Waals surface area (Å²) in [5.41, 5.74) is 0.624. The van der Waals surface area contributed by atoms with Crippen LogP contribution in [0.1, 0.15) is 33.1 Å². The van der Waals surface area contributed by atoms with Crippen LogP contribution in [0, 0.1) is 0 Å². The summed E-state index contributed by atoms with van der Waals surface area (Å²) < 4.78 is 0. The largest absolute Gasteiger partial charge is 0.280 e. The smallest absolute Gasteiger partial charge is 0.273 e. The Morgan fingerprint density at radius 3 is 2.84 bits per heavy atom. The van der Waals surface area contributed by atoms with Gasteiger partial charge in [-0.3, -0.25) is 24.6 Å². The standard InChI is InChI=1S/C12H11N5O2/c18-11-8-3-1-5-13-10(8)12(19)17(11)6-2-4-9-14-7-15-16-9/h1,3,5,7H,2,4,6H2,(H,14,15,16). The Hall–Kier alpha value is -2.57. The van der Waals surface area contributed by atoms with Gasteiger partial charge in [0.2, 0.25) is 0 Å². The van der Waals surface area contributed by atoms with Gasteiger partial charge in [0.15, 0.2) is 0 Å². The second kappa shape index (κ2) is 4.60. The zero-order valence-corrected chi connectivity index (χ0v) is 10.0. The molecule has 19 heavy (non-hydrogen) atoms. The highest BCUT2D eigenvalue weighted by Crippen LogP contribution is 2.20. The minimum Gasteiger partial charge on any atom is -0.273 e. The predicted molar refractivity (Wildman–Crippen MR) is 64.3 cm³/mol. The number of amides is 2. The molecule has 1 aliphatic rings. The monoisotopic (exact) mass is 257 g/mol. The number of carbonyl (C=O) groups is 2. The molecule has 2 amide bonds. The molecule has 1 aliphatic heterocycles. The summed E-state index contributed by atoms with van der Waals surface area (Å²) in [6.07, 6.45) is 4.23. The maximum atomic E-state index is 12.0. The minimum atomic E-state index is -0.321.